The number of halogens is 1. The summed E-state index contributed by atoms with van der Waals surface area (Å²) in [4.78, 5) is 15.2. The van der Waals surface area contributed by atoms with Gasteiger partial charge in [0.25, 0.3) is 0 Å². The molecule has 1 saturated heterocycles. The standard InChI is InChI=1S/C32H38FNO7S/c1-23(2)22-32(36)12-15-34(16-13-32)31(35)20-24-18-28(40-26-6-4-25(5-7-26)39-17-14-33)21-29(19-24)41-27-8-10-30(11-9-27)42(3,37)38/h4-11,18-19,21,23,36H,12-17,20,22H2,1-3H3. The van der Waals surface area contributed by atoms with Crippen molar-refractivity contribution in [2.75, 3.05) is 32.6 Å². The van der Waals surface area contributed by atoms with Gasteiger partial charge in [0.2, 0.25) is 5.91 Å². The predicted octanol–water partition coefficient (Wildman–Crippen LogP) is 5.97. The third kappa shape index (κ3) is 8.93. The zero-order valence-electron chi connectivity index (χ0n) is 24.2. The number of aliphatic hydroxyl groups is 1. The molecule has 0 bridgehead atoms. The first kappa shape index (κ1) is 31.3. The second-order valence-electron chi connectivity index (χ2n) is 11.1. The number of carbonyl (C=O) groups excluding carboxylic acids is 1. The second kappa shape index (κ2) is 13.6. The molecule has 1 fully saturated rings. The van der Waals surface area contributed by atoms with Crippen LogP contribution in [0.3, 0.4) is 0 Å². The highest BCUT2D eigenvalue weighted by atomic mass is 32.2. The van der Waals surface area contributed by atoms with E-state index in [0.717, 1.165) is 6.26 Å². The van der Waals surface area contributed by atoms with Crippen molar-refractivity contribution in [3.63, 3.8) is 0 Å². The van der Waals surface area contributed by atoms with Crippen LogP contribution < -0.4 is 14.2 Å². The molecule has 3 aromatic carbocycles. The van der Waals surface area contributed by atoms with Crippen LogP contribution in [0.1, 0.15) is 38.7 Å². The number of benzene rings is 3. The monoisotopic (exact) mass is 599 g/mol. The maximum atomic E-state index is 13.3. The third-order valence-corrected chi connectivity index (χ3v) is 8.15. The van der Waals surface area contributed by atoms with E-state index in [-0.39, 0.29) is 23.8 Å². The van der Waals surface area contributed by atoms with E-state index in [1.54, 1.807) is 59.5 Å². The van der Waals surface area contributed by atoms with E-state index < -0.39 is 22.1 Å². The number of rotatable bonds is 12. The van der Waals surface area contributed by atoms with Gasteiger partial charge in [-0.25, -0.2) is 12.8 Å². The predicted molar refractivity (Wildman–Crippen MR) is 158 cm³/mol. The van der Waals surface area contributed by atoms with Crippen molar-refractivity contribution in [3.05, 3.63) is 72.3 Å². The summed E-state index contributed by atoms with van der Waals surface area (Å²) >= 11 is 0. The highest BCUT2D eigenvalue weighted by molar-refractivity contribution is 7.90. The summed E-state index contributed by atoms with van der Waals surface area (Å²) in [7, 11) is -3.35. The van der Waals surface area contributed by atoms with E-state index in [2.05, 4.69) is 13.8 Å². The van der Waals surface area contributed by atoms with Crippen molar-refractivity contribution < 1.29 is 36.9 Å². The van der Waals surface area contributed by atoms with Crippen LogP contribution >= 0.6 is 0 Å². The van der Waals surface area contributed by atoms with E-state index >= 15 is 0 Å². The number of piperidine rings is 1. The fourth-order valence-electron chi connectivity index (χ4n) is 5.06. The van der Waals surface area contributed by atoms with E-state index in [1.165, 1.54) is 12.1 Å². The number of sulfone groups is 1. The Morgan fingerprint density at radius 2 is 1.43 bits per heavy atom. The Bertz CT molecular complexity index is 1450. The van der Waals surface area contributed by atoms with Gasteiger partial charge in [-0.05, 0) is 91.4 Å². The molecule has 8 nitrogen and oxygen atoms in total. The van der Waals surface area contributed by atoms with Gasteiger partial charge in [-0.2, -0.15) is 0 Å². The fraction of sp³-hybridized carbons (Fsp3) is 0.406. The summed E-state index contributed by atoms with van der Waals surface area (Å²) < 4.78 is 53.4. The molecule has 1 N–H and O–H groups in total. The molecule has 1 aliphatic heterocycles. The second-order valence-corrected chi connectivity index (χ2v) is 13.2. The Hall–Kier alpha value is -3.63. The van der Waals surface area contributed by atoms with Crippen molar-refractivity contribution >= 4 is 15.7 Å². The van der Waals surface area contributed by atoms with Gasteiger partial charge >= 0.3 is 0 Å². The van der Waals surface area contributed by atoms with Crippen LogP contribution in [0.4, 0.5) is 4.39 Å². The lowest BCUT2D eigenvalue weighted by Crippen LogP contribution is -2.47. The fourth-order valence-corrected chi connectivity index (χ4v) is 5.69. The minimum Gasteiger partial charge on any atom is -0.491 e. The molecular weight excluding hydrogens is 561 g/mol. The first-order valence-corrected chi connectivity index (χ1v) is 15.9. The molecular formula is C32H38FNO7S. The summed E-state index contributed by atoms with van der Waals surface area (Å²) in [5, 5.41) is 10.9. The molecule has 0 unspecified atom stereocenters. The van der Waals surface area contributed by atoms with Crippen LogP contribution in [0, 0.1) is 5.92 Å². The van der Waals surface area contributed by atoms with Crippen molar-refractivity contribution in [2.45, 2.75) is 50.0 Å². The summed E-state index contributed by atoms with van der Waals surface area (Å²) in [6.45, 7) is 4.53. The molecule has 0 atom stereocenters. The quantitative estimate of drug-likeness (QED) is 0.274. The first-order valence-electron chi connectivity index (χ1n) is 14.0. The van der Waals surface area contributed by atoms with Crippen LogP contribution in [0.5, 0.6) is 28.7 Å². The number of carbonyl (C=O) groups is 1. The maximum Gasteiger partial charge on any atom is 0.226 e. The van der Waals surface area contributed by atoms with Gasteiger partial charge in [0.15, 0.2) is 9.84 Å². The van der Waals surface area contributed by atoms with Crippen molar-refractivity contribution in [3.8, 4) is 28.7 Å². The van der Waals surface area contributed by atoms with E-state index in [9.17, 15) is 22.7 Å². The van der Waals surface area contributed by atoms with Crippen LogP contribution in [0.2, 0.25) is 0 Å². The molecule has 4 rings (SSSR count). The Morgan fingerprint density at radius 1 is 0.905 bits per heavy atom. The normalized spacial score (nSPS) is 15.0. The van der Waals surface area contributed by atoms with Crippen LogP contribution in [-0.4, -0.2) is 62.6 Å². The molecule has 226 valence electrons. The van der Waals surface area contributed by atoms with Crippen LogP contribution in [-0.2, 0) is 21.1 Å². The Balaban J connectivity index is 1.52. The minimum atomic E-state index is -3.35. The highest BCUT2D eigenvalue weighted by Gasteiger charge is 2.34. The van der Waals surface area contributed by atoms with Gasteiger partial charge in [0.05, 0.1) is 16.9 Å². The number of hydrogen-bond donors (Lipinski definition) is 1. The smallest absolute Gasteiger partial charge is 0.226 e. The average Bonchev–Trinajstić information content (AvgIpc) is 2.92. The molecule has 42 heavy (non-hydrogen) atoms. The topological polar surface area (TPSA) is 102 Å². The lowest BCUT2D eigenvalue weighted by molar-refractivity contribution is -0.135. The molecule has 0 saturated carbocycles. The molecule has 1 amide bonds. The van der Waals surface area contributed by atoms with Gasteiger partial charge < -0.3 is 24.2 Å². The third-order valence-electron chi connectivity index (χ3n) is 7.02. The van der Waals surface area contributed by atoms with E-state index in [4.69, 9.17) is 14.2 Å². The maximum absolute atomic E-state index is 13.3. The zero-order chi connectivity index (χ0) is 30.3. The SMILES string of the molecule is CC(C)CC1(O)CCN(C(=O)Cc2cc(Oc3ccc(OCCF)cc3)cc(Oc3ccc(S(C)(=O)=O)cc3)c2)CC1. The van der Waals surface area contributed by atoms with Crippen molar-refractivity contribution in [1.29, 1.82) is 0 Å². The molecule has 0 aromatic heterocycles. The average molecular weight is 600 g/mol. The Morgan fingerprint density at radius 3 is 1.93 bits per heavy atom. The largest absolute Gasteiger partial charge is 0.491 e. The lowest BCUT2D eigenvalue weighted by Gasteiger charge is -2.39. The lowest BCUT2D eigenvalue weighted by atomic mass is 9.84. The minimum absolute atomic E-state index is 0.0316. The Labute approximate surface area is 246 Å². The highest BCUT2D eigenvalue weighted by Crippen LogP contribution is 2.33. The van der Waals surface area contributed by atoms with Crippen LogP contribution in [0.15, 0.2) is 71.6 Å². The number of hydrogen-bond acceptors (Lipinski definition) is 7. The van der Waals surface area contributed by atoms with Crippen molar-refractivity contribution in [1.82, 2.24) is 4.90 Å². The molecule has 0 radical (unpaired) electrons. The molecule has 1 aliphatic rings. The number of alkyl halides is 1. The van der Waals surface area contributed by atoms with Crippen LogP contribution in [0.25, 0.3) is 0 Å². The summed E-state index contributed by atoms with van der Waals surface area (Å²) in [5.74, 6) is 2.61. The summed E-state index contributed by atoms with van der Waals surface area (Å²) in [6, 6.07) is 18.0. The van der Waals surface area contributed by atoms with Gasteiger partial charge in [0, 0.05) is 25.4 Å². The van der Waals surface area contributed by atoms with Gasteiger partial charge in [-0.1, -0.05) is 13.8 Å². The number of amides is 1. The molecule has 10 heteroatoms. The van der Waals surface area contributed by atoms with E-state index in [0.29, 0.717) is 72.6 Å². The van der Waals surface area contributed by atoms with Gasteiger partial charge in [-0.15, -0.1) is 0 Å². The summed E-state index contributed by atoms with van der Waals surface area (Å²) in [5.41, 5.74) is -0.0649. The first-order chi connectivity index (χ1) is 19.9. The van der Waals surface area contributed by atoms with Gasteiger partial charge in [-0.3, -0.25) is 4.79 Å². The zero-order valence-corrected chi connectivity index (χ0v) is 25.0. The molecule has 0 spiro atoms. The molecule has 1 heterocycles. The van der Waals surface area contributed by atoms with E-state index in [1.807, 2.05) is 0 Å². The number of nitrogens with zero attached hydrogens (tertiary/aromatic N) is 1. The van der Waals surface area contributed by atoms with Gasteiger partial charge in [0.1, 0.15) is 42.0 Å². The molecule has 0 aliphatic carbocycles. The number of ether oxygens (including phenoxy) is 3. The number of likely N-dealkylation sites (tertiary alicyclic amines) is 1. The molecule has 3 aromatic rings. The summed E-state index contributed by atoms with van der Waals surface area (Å²) in [6.07, 6.45) is 3.05. The Kier molecular flexibility index (Phi) is 10.1. The van der Waals surface area contributed by atoms with Crippen molar-refractivity contribution in [2.24, 2.45) is 5.92 Å².